The van der Waals surface area contributed by atoms with Gasteiger partial charge < -0.3 is 5.32 Å². The highest BCUT2D eigenvalue weighted by atomic mass is 35.5. The van der Waals surface area contributed by atoms with Gasteiger partial charge in [-0.3, -0.25) is 10.2 Å². The molecule has 1 heterocycles. The molecular formula is C15H13Cl3N4O. The first kappa shape index (κ1) is 17.5. The molecule has 120 valence electrons. The van der Waals surface area contributed by atoms with Crippen molar-refractivity contribution in [3.8, 4) is 0 Å². The molecule has 0 radical (unpaired) electrons. The van der Waals surface area contributed by atoms with E-state index >= 15 is 0 Å². The molecule has 1 amide bonds. The Hall–Kier alpha value is -1.82. The minimum atomic E-state index is -0.137. The van der Waals surface area contributed by atoms with Crippen molar-refractivity contribution < 1.29 is 4.79 Å². The molecule has 0 aliphatic rings. The number of amides is 1. The summed E-state index contributed by atoms with van der Waals surface area (Å²) in [6.45, 7) is 3.26. The van der Waals surface area contributed by atoms with Crippen molar-refractivity contribution in [2.24, 2.45) is 5.10 Å². The van der Waals surface area contributed by atoms with Crippen LogP contribution in [0.5, 0.6) is 0 Å². The maximum atomic E-state index is 11.1. The third kappa shape index (κ3) is 4.82. The number of halogens is 3. The Labute approximate surface area is 148 Å². The topological polar surface area (TPSA) is 66.4 Å². The second kappa shape index (κ2) is 7.64. The number of carbonyl (C=O) groups is 1. The van der Waals surface area contributed by atoms with E-state index in [9.17, 15) is 4.79 Å². The Morgan fingerprint density at radius 2 is 1.87 bits per heavy atom. The number of nitrogens with one attached hydrogen (secondary N) is 2. The Bertz CT molecular complexity index is 777. The zero-order valence-corrected chi connectivity index (χ0v) is 14.6. The summed E-state index contributed by atoms with van der Waals surface area (Å²) in [5.41, 5.74) is 4.96. The van der Waals surface area contributed by atoms with Gasteiger partial charge in [0.25, 0.3) is 0 Å². The normalized spacial score (nSPS) is 11.3. The van der Waals surface area contributed by atoms with Gasteiger partial charge >= 0.3 is 0 Å². The summed E-state index contributed by atoms with van der Waals surface area (Å²) in [5.74, 6) is 0.167. The Balaban J connectivity index is 2.20. The van der Waals surface area contributed by atoms with Gasteiger partial charge in [-0.2, -0.15) is 5.10 Å². The lowest BCUT2D eigenvalue weighted by Gasteiger charge is -2.07. The van der Waals surface area contributed by atoms with Gasteiger partial charge in [0.15, 0.2) is 5.82 Å². The van der Waals surface area contributed by atoms with E-state index in [0.717, 1.165) is 5.56 Å². The van der Waals surface area contributed by atoms with Gasteiger partial charge in [-0.1, -0.05) is 46.9 Å². The van der Waals surface area contributed by atoms with Crippen LogP contribution >= 0.6 is 34.8 Å². The molecule has 0 aliphatic carbocycles. The number of rotatable bonds is 4. The van der Waals surface area contributed by atoms with Crippen molar-refractivity contribution in [3.63, 3.8) is 0 Å². The largest absolute Gasteiger partial charge is 0.326 e. The number of aromatic nitrogens is 1. The molecule has 0 aliphatic heterocycles. The van der Waals surface area contributed by atoms with Crippen LogP contribution in [0.25, 0.3) is 0 Å². The van der Waals surface area contributed by atoms with Gasteiger partial charge in [-0.25, -0.2) is 4.98 Å². The Morgan fingerprint density at radius 1 is 1.13 bits per heavy atom. The van der Waals surface area contributed by atoms with E-state index in [0.29, 0.717) is 22.2 Å². The van der Waals surface area contributed by atoms with Crippen LogP contribution in [0.15, 0.2) is 35.4 Å². The number of carbonyl (C=O) groups excluding carboxylic acids is 1. The van der Waals surface area contributed by atoms with E-state index in [1.54, 1.807) is 6.07 Å². The van der Waals surface area contributed by atoms with E-state index in [1.165, 1.54) is 13.0 Å². The van der Waals surface area contributed by atoms with E-state index in [4.69, 9.17) is 34.8 Å². The van der Waals surface area contributed by atoms with E-state index in [1.807, 2.05) is 25.1 Å². The molecule has 0 spiro atoms. The van der Waals surface area contributed by atoms with Gasteiger partial charge in [0.1, 0.15) is 5.15 Å². The molecule has 0 saturated heterocycles. The summed E-state index contributed by atoms with van der Waals surface area (Å²) in [7, 11) is 0. The fraction of sp³-hybridized carbons (Fsp3) is 0.133. The molecule has 0 unspecified atom stereocenters. The third-order valence-electron chi connectivity index (χ3n) is 2.82. The van der Waals surface area contributed by atoms with Crippen molar-refractivity contribution in [2.75, 3.05) is 10.7 Å². The molecule has 2 rings (SSSR count). The third-order valence-corrected chi connectivity index (χ3v) is 3.78. The van der Waals surface area contributed by atoms with Gasteiger partial charge in [0.05, 0.1) is 15.8 Å². The van der Waals surface area contributed by atoms with Crippen LogP contribution < -0.4 is 10.7 Å². The average molecular weight is 372 g/mol. The molecule has 1 aromatic carbocycles. The maximum absolute atomic E-state index is 11.1. The summed E-state index contributed by atoms with van der Waals surface area (Å²) in [5, 5.41) is 7.65. The lowest BCUT2D eigenvalue weighted by Crippen LogP contribution is -2.07. The smallest absolute Gasteiger partial charge is 0.221 e. The molecule has 23 heavy (non-hydrogen) atoms. The fourth-order valence-electron chi connectivity index (χ4n) is 1.75. The van der Waals surface area contributed by atoms with Gasteiger partial charge in [-0.05, 0) is 30.7 Å². The fourth-order valence-corrected chi connectivity index (χ4v) is 2.29. The van der Waals surface area contributed by atoms with Crippen LogP contribution in [-0.4, -0.2) is 16.6 Å². The molecule has 0 fully saturated rings. The Morgan fingerprint density at radius 3 is 2.57 bits per heavy atom. The highest BCUT2D eigenvalue weighted by molar-refractivity contribution is 6.42. The average Bonchev–Trinajstić information content (AvgIpc) is 2.49. The molecule has 0 bridgehead atoms. The predicted molar refractivity (Wildman–Crippen MR) is 95.8 cm³/mol. The van der Waals surface area contributed by atoms with E-state index in [2.05, 4.69) is 20.8 Å². The molecular weight excluding hydrogens is 359 g/mol. The highest BCUT2D eigenvalue weighted by Gasteiger charge is 2.07. The van der Waals surface area contributed by atoms with Crippen molar-refractivity contribution in [1.29, 1.82) is 0 Å². The number of hydrogen-bond donors (Lipinski definition) is 2. The molecule has 2 N–H and O–H groups in total. The van der Waals surface area contributed by atoms with Crippen LogP contribution in [0.2, 0.25) is 15.2 Å². The van der Waals surface area contributed by atoms with Crippen molar-refractivity contribution in [1.82, 2.24) is 4.98 Å². The lowest BCUT2D eigenvalue weighted by molar-refractivity contribution is -0.114. The standard InChI is InChI=1S/C15H13Cl3N4O/c1-8(10-4-3-5-11(6-10)19-9(2)23)21-22-15-13(17)7-12(16)14(18)20-15/h3-7H,1-2H3,(H,19,23)(H,20,22). The number of hydrogen-bond acceptors (Lipinski definition) is 4. The summed E-state index contributed by atoms with van der Waals surface area (Å²) < 4.78 is 0. The molecule has 0 saturated carbocycles. The zero-order chi connectivity index (χ0) is 17.0. The van der Waals surface area contributed by atoms with Crippen LogP contribution in [-0.2, 0) is 4.79 Å². The summed E-state index contributed by atoms with van der Waals surface area (Å²) in [6.07, 6.45) is 0. The van der Waals surface area contributed by atoms with E-state index < -0.39 is 0 Å². The molecule has 0 atom stereocenters. The maximum Gasteiger partial charge on any atom is 0.221 e. The van der Waals surface area contributed by atoms with Crippen LogP contribution in [0.1, 0.15) is 19.4 Å². The number of anilines is 2. The molecule has 1 aromatic heterocycles. The SMILES string of the molecule is CC(=O)Nc1cccc(C(C)=NNc2nc(Cl)c(Cl)cc2Cl)c1. The lowest BCUT2D eigenvalue weighted by atomic mass is 10.1. The highest BCUT2D eigenvalue weighted by Crippen LogP contribution is 2.28. The quantitative estimate of drug-likeness (QED) is 0.459. The minimum Gasteiger partial charge on any atom is -0.326 e. The summed E-state index contributed by atoms with van der Waals surface area (Å²) >= 11 is 17.7. The zero-order valence-electron chi connectivity index (χ0n) is 12.3. The first-order valence-corrected chi connectivity index (χ1v) is 7.70. The number of benzene rings is 1. The second-order valence-corrected chi connectivity index (χ2v) is 5.83. The summed E-state index contributed by atoms with van der Waals surface area (Å²) in [4.78, 5) is 15.1. The molecule has 5 nitrogen and oxygen atoms in total. The minimum absolute atomic E-state index is 0.137. The van der Waals surface area contributed by atoms with Crippen molar-refractivity contribution in [3.05, 3.63) is 51.1 Å². The van der Waals surface area contributed by atoms with Crippen LogP contribution in [0.4, 0.5) is 11.5 Å². The van der Waals surface area contributed by atoms with Crippen molar-refractivity contribution in [2.45, 2.75) is 13.8 Å². The summed E-state index contributed by atoms with van der Waals surface area (Å²) in [6, 6.07) is 8.79. The van der Waals surface area contributed by atoms with Gasteiger partial charge in [-0.15, -0.1) is 0 Å². The van der Waals surface area contributed by atoms with Gasteiger partial charge in [0, 0.05) is 12.6 Å². The van der Waals surface area contributed by atoms with E-state index in [-0.39, 0.29) is 16.1 Å². The number of pyridine rings is 1. The monoisotopic (exact) mass is 370 g/mol. The van der Waals surface area contributed by atoms with Crippen molar-refractivity contribution >= 4 is 57.9 Å². The predicted octanol–water partition coefficient (Wildman–Crippen LogP) is 4.84. The Kier molecular flexibility index (Phi) is 5.82. The molecule has 2 aromatic rings. The number of hydrazone groups is 1. The van der Waals surface area contributed by atoms with Gasteiger partial charge in [0.2, 0.25) is 5.91 Å². The first-order valence-electron chi connectivity index (χ1n) is 6.56. The van der Waals surface area contributed by atoms with Crippen LogP contribution in [0.3, 0.4) is 0 Å². The number of nitrogens with zero attached hydrogens (tertiary/aromatic N) is 2. The van der Waals surface area contributed by atoms with Crippen LogP contribution in [0, 0.1) is 0 Å². The first-order chi connectivity index (χ1) is 10.9. The molecule has 8 heteroatoms. The second-order valence-electron chi connectivity index (χ2n) is 4.66.